The maximum atomic E-state index is 12.3. The number of nitrogens with two attached hydrogens (primary N) is 1. The number of halogens is 1. The van der Waals surface area contributed by atoms with Gasteiger partial charge in [0.1, 0.15) is 0 Å². The molecule has 2 heterocycles. The predicted octanol–water partition coefficient (Wildman–Crippen LogP) is 0.897. The van der Waals surface area contributed by atoms with Crippen LogP contribution in [0.4, 0.5) is 10.5 Å². The molecule has 0 aliphatic carbocycles. The number of nitrogens with zero attached hydrogens (tertiary/aromatic N) is 2. The van der Waals surface area contributed by atoms with Crippen molar-refractivity contribution in [1.82, 2.24) is 10.2 Å². The molecular formula is C16H24ClN4O+. The van der Waals surface area contributed by atoms with Crippen LogP contribution < -0.4 is 15.5 Å². The zero-order valence-electron chi connectivity index (χ0n) is 12.8. The van der Waals surface area contributed by atoms with Crippen LogP contribution in [0.2, 0.25) is 5.02 Å². The zero-order valence-corrected chi connectivity index (χ0v) is 13.6. The Hall–Kier alpha value is -1.46. The van der Waals surface area contributed by atoms with Gasteiger partial charge in [0.25, 0.3) is 0 Å². The SMILES string of the molecule is O=C(NC1CC[NH2+]CC1)N1CCN(c2ccccc2Cl)CC1. The predicted molar refractivity (Wildman–Crippen MR) is 88.5 cm³/mol. The molecule has 5 nitrogen and oxygen atoms in total. The van der Waals surface area contributed by atoms with Gasteiger partial charge in [0.05, 0.1) is 23.8 Å². The number of benzene rings is 1. The standard InChI is InChI=1S/C16H23ClN4O/c17-14-3-1-2-4-15(14)20-9-11-21(12-10-20)16(22)19-13-5-7-18-8-6-13/h1-4,13,18H,5-12H2,(H,19,22)/p+1. The molecule has 2 aliphatic rings. The summed E-state index contributed by atoms with van der Waals surface area (Å²) in [5, 5.41) is 6.26. The van der Waals surface area contributed by atoms with Crippen LogP contribution in [0.3, 0.4) is 0 Å². The molecule has 0 unspecified atom stereocenters. The maximum Gasteiger partial charge on any atom is 0.317 e. The first-order valence-corrected chi connectivity index (χ1v) is 8.48. The van der Waals surface area contributed by atoms with E-state index in [2.05, 4.69) is 15.5 Å². The number of quaternary nitrogens is 1. The minimum atomic E-state index is 0.0886. The normalized spacial score (nSPS) is 20.0. The fraction of sp³-hybridized carbons (Fsp3) is 0.562. The number of carbonyl (C=O) groups excluding carboxylic acids is 1. The Labute approximate surface area is 136 Å². The Balaban J connectivity index is 1.51. The van der Waals surface area contributed by atoms with Crippen LogP contribution >= 0.6 is 11.6 Å². The Morgan fingerprint density at radius 3 is 2.50 bits per heavy atom. The molecular weight excluding hydrogens is 300 g/mol. The van der Waals surface area contributed by atoms with E-state index in [1.807, 2.05) is 29.2 Å². The molecule has 0 aromatic heterocycles. The van der Waals surface area contributed by atoms with Crippen molar-refractivity contribution in [2.24, 2.45) is 0 Å². The molecule has 3 N–H and O–H groups in total. The summed E-state index contributed by atoms with van der Waals surface area (Å²) in [5.41, 5.74) is 1.06. The number of urea groups is 1. The number of carbonyl (C=O) groups is 1. The van der Waals surface area contributed by atoms with Crippen molar-refractivity contribution < 1.29 is 10.1 Å². The third-order valence-corrected chi connectivity index (χ3v) is 4.85. The third kappa shape index (κ3) is 3.65. The highest BCUT2D eigenvalue weighted by atomic mass is 35.5. The van der Waals surface area contributed by atoms with Crippen molar-refractivity contribution >= 4 is 23.3 Å². The molecule has 0 radical (unpaired) electrons. The van der Waals surface area contributed by atoms with Gasteiger partial charge in [-0.15, -0.1) is 0 Å². The van der Waals surface area contributed by atoms with Gasteiger partial charge in [-0.05, 0) is 12.1 Å². The molecule has 2 saturated heterocycles. The van der Waals surface area contributed by atoms with Gasteiger partial charge in [0, 0.05) is 45.1 Å². The number of nitrogens with one attached hydrogen (secondary N) is 1. The second-order valence-corrected chi connectivity index (χ2v) is 6.42. The van der Waals surface area contributed by atoms with Gasteiger partial charge in [-0.3, -0.25) is 0 Å². The lowest BCUT2D eigenvalue weighted by Gasteiger charge is -2.37. The minimum absolute atomic E-state index is 0.0886. The monoisotopic (exact) mass is 323 g/mol. The first-order chi connectivity index (χ1) is 10.7. The summed E-state index contributed by atoms with van der Waals surface area (Å²) in [6, 6.07) is 8.33. The van der Waals surface area contributed by atoms with E-state index >= 15 is 0 Å². The number of rotatable bonds is 2. The van der Waals surface area contributed by atoms with Crippen molar-refractivity contribution in [3.8, 4) is 0 Å². The molecule has 120 valence electrons. The summed E-state index contributed by atoms with van der Waals surface area (Å²) in [6.45, 7) is 5.38. The first-order valence-electron chi connectivity index (χ1n) is 8.10. The lowest BCUT2D eigenvalue weighted by molar-refractivity contribution is -0.663. The summed E-state index contributed by atoms with van der Waals surface area (Å²) in [4.78, 5) is 16.5. The third-order valence-electron chi connectivity index (χ3n) is 4.53. The molecule has 2 amide bonds. The largest absolute Gasteiger partial charge is 0.367 e. The average molecular weight is 324 g/mol. The Bertz CT molecular complexity index is 511. The molecule has 0 bridgehead atoms. The van der Waals surface area contributed by atoms with Crippen LogP contribution in [-0.2, 0) is 0 Å². The molecule has 1 aromatic carbocycles. The Morgan fingerprint density at radius 1 is 1.14 bits per heavy atom. The first kappa shape index (κ1) is 15.4. The number of hydrogen-bond donors (Lipinski definition) is 2. The summed E-state index contributed by atoms with van der Waals surface area (Å²) in [5.74, 6) is 0. The Kier molecular flexibility index (Phi) is 5.05. The molecule has 0 saturated carbocycles. The van der Waals surface area contributed by atoms with Crippen LogP contribution in [-0.4, -0.2) is 56.2 Å². The number of piperazine rings is 1. The summed E-state index contributed by atoms with van der Waals surface area (Å²) >= 11 is 6.25. The van der Waals surface area contributed by atoms with Crippen LogP contribution in [0.15, 0.2) is 24.3 Å². The smallest absolute Gasteiger partial charge is 0.317 e. The van der Waals surface area contributed by atoms with E-state index < -0.39 is 0 Å². The number of anilines is 1. The van der Waals surface area contributed by atoms with Crippen molar-refractivity contribution in [1.29, 1.82) is 0 Å². The second kappa shape index (κ2) is 7.20. The van der Waals surface area contributed by atoms with E-state index in [1.165, 1.54) is 0 Å². The van der Waals surface area contributed by atoms with E-state index in [1.54, 1.807) is 0 Å². The van der Waals surface area contributed by atoms with Gasteiger partial charge in [-0.1, -0.05) is 23.7 Å². The molecule has 2 aliphatic heterocycles. The lowest BCUT2D eigenvalue weighted by atomic mass is 10.1. The van der Waals surface area contributed by atoms with Gasteiger partial charge in [-0.2, -0.15) is 0 Å². The highest BCUT2D eigenvalue weighted by molar-refractivity contribution is 6.33. The van der Waals surface area contributed by atoms with E-state index in [0.717, 1.165) is 62.8 Å². The molecule has 3 rings (SSSR count). The number of hydrogen-bond acceptors (Lipinski definition) is 2. The number of para-hydroxylation sites is 1. The highest BCUT2D eigenvalue weighted by Gasteiger charge is 2.25. The lowest BCUT2D eigenvalue weighted by Crippen LogP contribution is -2.87. The van der Waals surface area contributed by atoms with Crippen LogP contribution in [0, 0.1) is 0 Å². The van der Waals surface area contributed by atoms with Crippen molar-refractivity contribution in [3.63, 3.8) is 0 Å². The van der Waals surface area contributed by atoms with Crippen LogP contribution in [0.25, 0.3) is 0 Å². The molecule has 22 heavy (non-hydrogen) atoms. The van der Waals surface area contributed by atoms with Gasteiger partial charge in [-0.25, -0.2) is 4.79 Å². The highest BCUT2D eigenvalue weighted by Crippen LogP contribution is 2.26. The van der Waals surface area contributed by atoms with Crippen molar-refractivity contribution in [3.05, 3.63) is 29.3 Å². The van der Waals surface area contributed by atoms with Crippen LogP contribution in [0.5, 0.6) is 0 Å². The van der Waals surface area contributed by atoms with Crippen molar-refractivity contribution in [2.75, 3.05) is 44.2 Å². The van der Waals surface area contributed by atoms with Gasteiger partial charge in [0.15, 0.2) is 0 Å². The fourth-order valence-corrected chi connectivity index (χ4v) is 3.45. The second-order valence-electron chi connectivity index (χ2n) is 6.02. The van der Waals surface area contributed by atoms with E-state index in [0.29, 0.717) is 6.04 Å². The molecule has 2 fully saturated rings. The van der Waals surface area contributed by atoms with Gasteiger partial charge >= 0.3 is 6.03 Å². The molecule has 1 aromatic rings. The van der Waals surface area contributed by atoms with E-state index in [9.17, 15) is 4.79 Å². The van der Waals surface area contributed by atoms with Gasteiger partial charge < -0.3 is 20.4 Å². The quantitative estimate of drug-likeness (QED) is 0.849. The number of piperidine rings is 1. The van der Waals surface area contributed by atoms with E-state index in [-0.39, 0.29) is 6.03 Å². The molecule has 0 spiro atoms. The van der Waals surface area contributed by atoms with Gasteiger partial charge in [0.2, 0.25) is 0 Å². The number of amides is 2. The average Bonchev–Trinajstić information content (AvgIpc) is 2.56. The topological polar surface area (TPSA) is 52.2 Å². The maximum absolute atomic E-state index is 12.3. The summed E-state index contributed by atoms with van der Waals surface area (Å²) in [6.07, 6.45) is 2.15. The van der Waals surface area contributed by atoms with Crippen molar-refractivity contribution in [2.45, 2.75) is 18.9 Å². The Morgan fingerprint density at radius 2 is 1.82 bits per heavy atom. The molecule has 0 atom stereocenters. The fourth-order valence-electron chi connectivity index (χ4n) is 3.20. The molecule has 6 heteroatoms. The van der Waals surface area contributed by atoms with Crippen LogP contribution in [0.1, 0.15) is 12.8 Å². The summed E-state index contributed by atoms with van der Waals surface area (Å²) < 4.78 is 0. The van der Waals surface area contributed by atoms with E-state index in [4.69, 9.17) is 11.6 Å². The zero-order chi connectivity index (χ0) is 15.4. The summed E-state index contributed by atoms with van der Waals surface area (Å²) in [7, 11) is 0. The minimum Gasteiger partial charge on any atom is -0.367 e.